The van der Waals surface area contributed by atoms with E-state index in [2.05, 4.69) is 5.32 Å². The van der Waals surface area contributed by atoms with Crippen LogP contribution in [0.4, 0.5) is 4.79 Å². The molecule has 1 aliphatic heterocycles. The van der Waals surface area contributed by atoms with Gasteiger partial charge in [-0.1, -0.05) is 30.3 Å². The van der Waals surface area contributed by atoms with Crippen molar-refractivity contribution in [2.75, 3.05) is 13.1 Å². The van der Waals surface area contributed by atoms with Crippen molar-refractivity contribution in [3.63, 3.8) is 0 Å². The van der Waals surface area contributed by atoms with Gasteiger partial charge in [0.1, 0.15) is 0 Å². The molecule has 1 aromatic rings. The fourth-order valence-electron chi connectivity index (χ4n) is 2.07. The number of amides is 2. The molecule has 1 aliphatic rings. The van der Waals surface area contributed by atoms with Crippen LogP contribution in [0.3, 0.4) is 0 Å². The third-order valence-corrected chi connectivity index (χ3v) is 3.10. The van der Waals surface area contributed by atoms with E-state index in [0.29, 0.717) is 18.5 Å². The maximum Gasteiger partial charge on any atom is 0.330 e. The van der Waals surface area contributed by atoms with Gasteiger partial charge in [-0.2, -0.15) is 0 Å². The molecule has 1 aromatic carbocycles. The number of hydrogen-bond donors (Lipinski definition) is 3. The molecule has 2 atom stereocenters. The predicted molar refractivity (Wildman–Crippen MR) is 67.5 cm³/mol. The van der Waals surface area contributed by atoms with Crippen molar-refractivity contribution >= 4 is 12.0 Å². The Labute approximate surface area is 110 Å². The molecule has 1 saturated heterocycles. The molecular formula is C13H16N2O4. The summed E-state index contributed by atoms with van der Waals surface area (Å²) in [5, 5.41) is 21.0. The summed E-state index contributed by atoms with van der Waals surface area (Å²) in [5.41, 5.74) is 0.517. The molecule has 0 bridgehead atoms. The number of urea groups is 1. The smallest absolute Gasteiger partial charge is 0.330 e. The number of β-amino-alcohol motifs (C(OH)–C–C–N with tert-alkyl or cyclic N) is 1. The number of carboxylic acids is 1. The van der Waals surface area contributed by atoms with E-state index in [9.17, 15) is 19.8 Å². The number of nitrogens with one attached hydrogen (secondary N) is 1. The average molecular weight is 264 g/mol. The molecule has 3 N–H and O–H groups in total. The summed E-state index contributed by atoms with van der Waals surface area (Å²) in [5.74, 6) is -1.11. The molecule has 0 spiro atoms. The third kappa shape index (κ3) is 3.23. The quantitative estimate of drug-likeness (QED) is 0.745. The van der Waals surface area contributed by atoms with Crippen molar-refractivity contribution in [1.82, 2.24) is 10.2 Å². The first-order chi connectivity index (χ1) is 9.08. The van der Waals surface area contributed by atoms with Gasteiger partial charge in [-0.05, 0) is 12.0 Å². The zero-order chi connectivity index (χ0) is 13.8. The van der Waals surface area contributed by atoms with E-state index in [-0.39, 0.29) is 6.54 Å². The van der Waals surface area contributed by atoms with Crippen LogP contribution < -0.4 is 5.32 Å². The SMILES string of the molecule is O=C(O)[C@H](NC(=O)N1CCC(O)C1)c1ccccc1. The van der Waals surface area contributed by atoms with Crippen molar-refractivity contribution in [3.05, 3.63) is 35.9 Å². The summed E-state index contributed by atoms with van der Waals surface area (Å²) in [6, 6.07) is 6.98. The van der Waals surface area contributed by atoms with E-state index in [0.717, 1.165) is 0 Å². The minimum atomic E-state index is -1.11. The lowest BCUT2D eigenvalue weighted by atomic mass is 10.1. The van der Waals surface area contributed by atoms with Gasteiger partial charge in [0, 0.05) is 13.1 Å². The Bertz CT molecular complexity index is 463. The number of carboxylic acid groups (broad SMARTS) is 1. The number of benzene rings is 1. The summed E-state index contributed by atoms with van der Waals surface area (Å²) < 4.78 is 0. The van der Waals surface area contributed by atoms with E-state index in [4.69, 9.17) is 0 Å². The number of aliphatic carboxylic acids is 1. The summed E-state index contributed by atoms with van der Waals surface area (Å²) in [7, 11) is 0. The number of aliphatic hydroxyl groups excluding tert-OH is 1. The van der Waals surface area contributed by atoms with Crippen LogP contribution in [0.5, 0.6) is 0 Å². The highest BCUT2D eigenvalue weighted by Crippen LogP contribution is 2.15. The van der Waals surface area contributed by atoms with Crippen LogP contribution in [0.15, 0.2) is 30.3 Å². The first-order valence-corrected chi connectivity index (χ1v) is 6.09. The number of nitrogens with zero attached hydrogens (tertiary/aromatic N) is 1. The Morgan fingerprint density at radius 2 is 2.00 bits per heavy atom. The fourth-order valence-corrected chi connectivity index (χ4v) is 2.07. The molecule has 2 amide bonds. The van der Waals surface area contributed by atoms with Gasteiger partial charge < -0.3 is 20.4 Å². The van der Waals surface area contributed by atoms with E-state index >= 15 is 0 Å². The molecule has 0 aliphatic carbocycles. The monoisotopic (exact) mass is 264 g/mol. The topological polar surface area (TPSA) is 89.9 Å². The van der Waals surface area contributed by atoms with Crippen LogP contribution in [-0.2, 0) is 4.79 Å². The first-order valence-electron chi connectivity index (χ1n) is 6.09. The number of likely N-dealkylation sites (tertiary alicyclic amines) is 1. The van der Waals surface area contributed by atoms with Gasteiger partial charge >= 0.3 is 12.0 Å². The second-order valence-corrected chi connectivity index (χ2v) is 4.52. The van der Waals surface area contributed by atoms with Crippen molar-refractivity contribution in [2.24, 2.45) is 0 Å². The molecule has 1 unspecified atom stereocenters. The zero-order valence-electron chi connectivity index (χ0n) is 10.3. The van der Waals surface area contributed by atoms with Crippen LogP contribution in [-0.4, -0.2) is 46.3 Å². The zero-order valence-corrected chi connectivity index (χ0v) is 10.3. The van der Waals surface area contributed by atoms with E-state index < -0.39 is 24.1 Å². The van der Waals surface area contributed by atoms with Crippen LogP contribution in [0.1, 0.15) is 18.0 Å². The average Bonchev–Trinajstić information content (AvgIpc) is 2.83. The van der Waals surface area contributed by atoms with Gasteiger partial charge in [0.2, 0.25) is 0 Å². The van der Waals surface area contributed by atoms with Gasteiger partial charge in [0.25, 0.3) is 0 Å². The van der Waals surface area contributed by atoms with E-state index in [1.165, 1.54) is 4.90 Å². The highest BCUT2D eigenvalue weighted by atomic mass is 16.4. The molecule has 2 rings (SSSR count). The molecule has 19 heavy (non-hydrogen) atoms. The van der Waals surface area contributed by atoms with Crippen molar-refractivity contribution in [3.8, 4) is 0 Å². The lowest BCUT2D eigenvalue weighted by Crippen LogP contribution is -2.43. The third-order valence-electron chi connectivity index (χ3n) is 3.10. The first kappa shape index (κ1) is 13.4. The second kappa shape index (κ2) is 5.71. The highest BCUT2D eigenvalue weighted by molar-refractivity contribution is 5.83. The minimum Gasteiger partial charge on any atom is -0.479 e. The normalized spacial score (nSPS) is 20.1. The van der Waals surface area contributed by atoms with Crippen molar-refractivity contribution < 1.29 is 19.8 Å². The minimum absolute atomic E-state index is 0.243. The number of carbonyl (C=O) groups excluding carboxylic acids is 1. The molecule has 1 heterocycles. The predicted octanol–water partition coefficient (Wildman–Crippen LogP) is 0.588. The van der Waals surface area contributed by atoms with Gasteiger partial charge in [-0.3, -0.25) is 0 Å². The van der Waals surface area contributed by atoms with Gasteiger partial charge in [-0.15, -0.1) is 0 Å². The van der Waals surface area contributed by atoms with Gasteiger partial charge in [0.15, 0.2) is 6.04 Å². The van der Waals surface area contributed by atoms with Gasteiger partial charge in [-0.25, -0.2) is 9.59 Å². The molecule has 6 heteroatoms. The number of aliphatic hydroxyl groups is 1. The summed E-state index contributed by atoms with van der Waals surface area (Å²) in [6.45, 7) is 0.682. The maximum absolute atomic E-state index is 11.9. The number of rotatable bonds is 3. The molecule has 102 valence electrons. The summed E-state index contributed by atoms with van der Waals surface area (Å²) in [6.07, 6.45) is 0.00185. The lowest BCUT2D eigenvalue weighted by molar-refractivity contribution is -0.139. The van der Waals surface area contributed by atoms with Crippen LogP contribution in [0.2, 0.25) is 0 Å². The lowest BCUT2D eigenvalue weighted by Gasteiger charge is -2.20. The van der Waals surface area contributed by atoms with Crippen molar-refractivity contribution in [2.45, 2.75) is 18.6 Å². The molecule has 0 saturated carbocycles. The van der Waals surface area contributed by atoms with E-state index in [1.807, 2.05) is 0 Å². The molecule has 6 nitrogen and oxygen atoms in total. The number of hydrogen-bond acceptors (Lipinski definition) is 3. The largest absolute Gasteiger partial charge is 0.479 e. The summed E-state index contributed by atoms with van der Waals surface area (Å²) in [4.78, 5) is 24.6. The van der Waals surface area contributed by atoms with E-state index in [1.54, 1.807) is 30.3 Å². The Hall–Kier alpha value is -2.08. The van der Waals surface area contributed by atoms with Crippen LogP contribution in [0.25, 0.3) is 0 Å². The van der Waals surface area contributed by atoms with Crippen molar-refractivity contribution in [1.29, 1.82) is 0 Å². The fraction of sp³-hybridized carbons (Fsp3) is 0.385. The second-order valence-electron chi connectivity index (χ2n) is 4.52. The molecular weight excluding hydrogens is 248 g/mol. The molecule has 0 radical (unpaired) electrons. The summed E-state index contributed by atoms with van der Waals surface area (Å²) >= 11 is 0. The Kier molecular flexibility index (Phi) is 4.01. The van der Waals surface area contributed by atoms with Gasteiger partial charge in [0.05, 0.1) is 6.10 Å². The Morgan fingerprint density at radius 1 is 1.32 bits per heavy atom. The molecule has 0 aromatic heterocycles. The highest BCUT2D eigenvalue weighted by Gasteiger charge is 2.28. The standard InChI is InChI=1S/C13H16N2O4/c16-10-6-7-15(8-10)13(19)14-11(12(17)18)9-4-2-1-3-5-9/h1-5,10-11,16H,6-8H2,(H,14,19)(H,17,18)/t10?,11-/m1/s1. The van der Waals surface area contributed by atoms with Crippen LogP contribution >= 0.6 is 0 Å². The Balaban J connectivity index is 2.05. The Morgan fingerprint density at radius 3 is 2.53 bits per heavy atom. The van der Waals surface area contributed by atoms with Crippen LogP contribution in [0, 0.1) is 0 Å². The molecule has 1 fully saturated rings. The maximum atomic E-state index is 11.9. The number of carbonyl (C=O) groups is 2.